The molecule has 1 aromatic rings. The van der Waals surface area contributed by atoms with E-state index < -0.39 is 6.10 Å². The molecule has 5 heteroatoms. The Hall–Kier alpha value is -1.26. The Morgan fingerprint density at radius 1 is 1.59 bits per heavy atom. The maximum atomic E-state index is 11.2. The highest BCUT2D eigenvalue weighted by Gasteiger charge is 2.08. The molecule has 1 rings (SSSR count). The number of carbonyl (C=O) groups is 1. The monoisotopic (exact) mass is 257 g/mol. The first kappa shape index (κ1) is 13.8. The number of hydrogen-bond donors (Lipinski definition) is 2. The summed E-state index contributed by atoms with van der Waals surface area (Å²) in [5.74, 6) is 0.241. The van der Waals surface area contributed by atoms with Crippen LogP contribution >= 0.6 is 11.6 Å². The molecule has 0 fully saturated rings. The number of hydrogen-bond acceptors (Lipinski definition) is 3. The summed E-state index contributed by atoms with van der Waals surface area (Å²) in [7, 11) is 0. The van der Waals surface area contributed by atoms with Gasteiger partial charge in [0.05, 0.1) is 11.1 Å². The number of aliphatic hydroxyl groups is 1. The molecule has 0 bridgehead atoms. The van der Waals surface area contributed by atoms with Crippen LogP contribution in [0.2, 0.25) is 5.02 Å². The normalized spacial score (nSPS) is 12.0. The first-order chi connectivity index (χ1) is 8.04. The molecule has 0 spiro atoms. The Kier molecular flexibility index (Phi) is 5.25. The molecular formula is C12H16ClNO3. The SMILES string of the molecule is CCNC(=O)COc1ccc([C@@H](C)O)cc1Cl. The van der Waals surface area contributed by atoms with Crippen LogP contribution in [0.3, 0.4) is 0 Å². The first-order valence-corrected chi connectivity index (χ1v) is 5.79. The number of benzene rings is 1. The molecule has 17 heavy (non-hydrogen) atoms. The van der Waals surface area contributed by atoms with Gasteiger partial charge < -0.3 is 15.2 Å². The molecule has 0 aliphatic rings. The number of halogens is 1. The first-order valence-electron chi connectivity index (χ1n) is 5.41. The molecule has 0 aromatic heterocycles. The van der Waals surface area contributed by atoms with E-state index in [-0.39, 0.29) is 12.5 Å². The molecule has 1 atom stereocenters. The molecule has 0 radical (unpaired) electrons. The smallest absolute Gasteiger partial charge is 0.257 e. The van der Waals surface area contributed by atoms with Gasteiger partial charge in [-0.2, -0.15) is 0 Å². The highest BCUT2D eigenvalue weighted by Crippen LogP contribution is 2.27. The highest BCUT2D eigenvalue weighted by molar-refractivity contribution is 6.32. The van der Waals surface area contributed by atoms with Crippen molar-refractivity contribution < 1.29 is 14.6 Å². The lowest BCUT2D eigenvalue weighted by Crippen LogP contribution is -2.28. The van der Waals surface area contributed by atoms with Gasteiger partial charge >= 0.3 is 0 Å². The van der Waals surface area contributed by atoms with Crippen LogP contribution in [0.4, 0.5) is 0 Å². The predicted octanol–water partition coefficient (Wildman–Crippen LogP) is 1.91. The molecule has 2 N–H and O–H groups in total. The van der Waals surface area contributed by atoms with Gasteiger partial charge in [0.25, 0.3) is 5.91 Å². The number of nitrogens with one attached hydrogen (secondary N) is 1. The van der Waals surface area contributed by atoms with E-state index in [2.05, 4.69) is 5.32 Å². The summed E-state index contributed by atoms with van der Waals surface area (Å²) in [5, 5.41) is 12.4. The summed E-state index contributed by atoms with van der Waals surface area (Å²) in [4.78, 5) is 11.2. The fourth-order valence-electron chi connectivity index (χ4n) is 1.29. The molecule has 0 aliphatic heterocycles. The van der Waals surface area contributed by atoms with Gasteiger partial charge in [0, 0.05) is 6.54 Å². The third-order valence-corrected chi connectivity index (χ3v) is 2.47. The van der Waals surface area contributed by atoms with E-state index in [0.717, 1.165) is 0 Å². The number of aliphatic hydroxyl groups excluding tert-OH is 1. The standard InChI is InChI=1S/C12H16ClNO3/c1-3-14-12(16)7-17-11-5-4-9(8(2)15)6-10(11)13/h4-6,8,15H,3,7H2,1-2H3,(H,14,16)/t8-/m1/s1. The number of likely N-dealkylation sites (N-methyl/N-ethyl adjacent to an activating group) is 1. The minimum atomic E-state index is -0.579. The van der Waals surface area contributed by atoms with Gasteiger partial charge in [-0.25, -0.2) is 0 Å². The van der Waals surface area contributed by atoms with E-state index in [9.17, 15) is 9.90 Å². The number of rotatable bonds is 5. The zero-order valence-corrected chi connectivity index (χ0v) is 10.6. The van der Waals surface area contributed by atoms with E-state index in [4.69, 9.17) is 16.3 Å². The fraction of sp³-hybridized carbons (Fsp3) is 0.417. The van der Waals surface area contributed by atoms with Crippen LogP contribution in [0.15, 0.2) is 18.2 Å². The molecule has 4 nitrogen and oxygen atoms in total. The van der Waals surface area contributed by atoms with Crippen molar-refractivity contribution in [2.45, 2.75) is 20.0 Å². The van der Waals surface area contributed by atoms with Crippen LogP contribution in [0.25, 0.3) is 0 Å². The van der Waals surface area contributed by atoms with Crippen LogP contribution in [0, 0.1) is 0 Å². The van der Waals surface area contributed by atoms with Crippen molar-refractivity contribution in [1.82, 2.24) is 5.32 Å². The lowest BCUT2D eigenvalue weighted by atomic mass is 10.1. The second-order valence-electron chi connectivity index (χ2n) is 3.61. The second-order valence-corrected chi connectivity index (χ2v) is 4.02. The number of amides is 1. The summed E-state index contributed by atoms with van der Waals surface area (Å²) >= 11 is 5.97. The van der Waals surface area contributed by atoms with Gasteiger partial charge in [-0.3, -0.25) is 4.79 Å². The molecule has 0 heterocycles. The fourth-order valence-corrected chi connectivity index (χ4v) is 1.53. The molecule has 1 amide bonds. The van der Waals surface area contributed by atoms with Gasteiger partial charge in [0.2, 0.25) is 0 Å². The molecule has 94 valence electrons. The summed E-state index contributed by atoms with van der Waals surface area (Å²) in [5.41, 5.74) is 0.709. The van der Waals surface area contributed by atoms with E-state index in [0.29, 0.717) is 22.9 Å². The molecule has 0 aliphatic carbocycles. The van der Waals surface area contributed by atoms with E-state index in [1.807, 2.05) is 6.92 Å². The van der Waals surface area contributed by atoms with Gasteiger partial charge in [0.15, 0.2) is 6.61 Å². The molecule has 0 saturated carbocycles. The Balaban J connectivity index is 2.63. The minimum absolute atomic E-state index is 0.0679. The number of ether oxygens (including phenoxy) is 1. The molecule has 0 unspecified atom stereocenters. The van der Waals surface area contributed by atoms with Crippen LogP contribution < -0.4 is 10.1 Å². The van der Waals surface area contributed by atoms with Gasteiger partial charge in [-0.15, -0.1) is 0 Å². The van der Waals surface area contributed by atoms with Crippen molar-refractivity contribution in [2.75, 3.05) is 13.2 Å². The maximum absolute atomic E-state index is 11.2. The zero-order chi connectivity index (χ0) is 12.8. The Labute approximate surface area is 106 Å². The van der Waals surface area contributed by atoms with Gasteiger partial charge in [-0.05, 0) is 31.5 Å². The summed E-state index contributed by atoms with van der Waals surface area (Å²) < 4.78 is 5.26. The van der Waals surface area contributed by atoms with E-state index in [1.54, 1.807) is 25.1 Å². The predicted molar refractivity (Wildman–Crippen MR) is 66.3 cm³/mol. The highest BCUT2D eigenvalue weighted by atomic mass is 35.5. The lowest BCUT2D eigenvalue weighted by Gasteiger charge is -2.10. The van der Waals surface area contributed by atoms with Gasteiger partial charge in [-0.1, -0.05) is 17.7 Å². The van der Waals surface area contributed by atoms with Crippen molar-refractivity contribution in [2.24, 2.45) is 0 Å². The summed E-state index contributed by atoms with van der Waals surface area (Å²) in [6.07, 6.45) is -0.579. The van der Waals surface area contributed by atoms with E-state index in [1.165, 1.54) is 0 Å². The van der Waals surface area contributed by atoms with Crippen LogP contribution in [0.1, 0.15) is 25.5 Å². The largest absolute Gasteiger partial charge is 0.482 e. The van der Waals surface area contributed by atoms with Crippen LogP contribution in [-0.2, 0) is 4.79 Å². The number of carbonyl (C=O) groups excluding carboxylic acids is 1. The second kappa shape index (κ2) is 6.47. The Bertz CT molecular complexity index is 393. The van der Waals surface area contributed by atoms with Crippen molar-refractivity contribution in [3.63, 3.8) is 0 Å². The zero-order valence-electron chi connectivity index (χ0n) is 9.87. The summed E-state index contributed by atoms with van der Waals surface area (Å²) in [6.45, 7) is 3.99. The van der Waals surface area contributed by atoms with Gasteiger partial charge in [0.1, 0.15) is 5.75 Å². The Morgan fingerprint density at radius 3 is 2.82 bits per heavy atom. The minimum Gasteiger partial charge on any atom is -0.482 e. The van der Waals surface area contributed by atoms with Crippen molar-refractivity contribution in [1.29, 1.82) is 0 Å². The van der Waals surface area contributed by atoms with E-state index >= 15 is 0 Å². The van der Waals surface area contributed by atoms with Crippen molar-refractivity contribution in [3.05, 3.63) is 28.8 Å². The van der Waals surface area contributed by atoms with Crippen molar-refractivity contribution >= 4 is 17.5 Å². The van der Waals surface area contributed by atoms with Crippen LogP contribution in [0.5, 0.6) is 5.75 Å². The molecule has 0 saturated heterocycles. The average Bonchev–Trinajstić information content (AvgIpc) is 2.27. The summed E-state index contributed by atoms with van der Waals surface area (Å²) in [6, 6.07) is 4.98. The topological polar surface area (TPSA) is 58.6 Å². The van der Waals surface area contributed by atoms with Crippen LogP contribution in [-0.4, -0.2) is 24.2 Å². The van der Waals surface area contributed by atoms with Crippen molar-refractivity contribution in [3.8, 4) is 5.75 Å². The lowest BCUT2D eigenvalue weighted by molar-refractivity contribution is -0.122. The maximum Gasteiger partial charge on any atom is 0.257 e. The average molecular weight is 258 g/mol. The molecular weight excluding hydrogens is 242 g/mol. The quantitative estimate of drug-likeness (QED) is 0.847. The third-order valence-electron chi connectivity index (χ3n) is 2.17. The molecule has 1 aromatic carbocycles. The third kappa shape index (κ3) is 4.24. The Morgan fingerprint density at radius 2 is 2.29 bits per heavy atom.